The molecule has 160 valence electrons. The molecule has 0 aromatic heterocycles. The smallest absolute Gasteiger partial charge is 0.335 e. The van der Waals surface area contributed by atoms with Gasteiger partial charge in [-0.1, -0.05) is 31.2 Å². The third kappa shape index (κ3) is 4.46. The van der Waals surface area contributed by atoms with Crippen LogP contribution in [0.25, 0.3) is 0 Å². The van der Waals surface area contributed by atoms with Crippen LogP contribution in [0, 0.1) is 5.82 Å². The number of aromatic carboxylic acids is 1. The number of aliphatic hydroxyl groups is 1. The molecule has 1 aliphatic heterocycles. The van der Waals surface area contributed by atoms with Gasteiger partial charge in [-0.2, -0.15) is 0 Å². The number of benzene rings is 2. The summed E-state index contributed by atoms with van der Waals surface area (Å²) < 4.78 is 13.4. The molecule has 1 heterocycles. The number of carbonyl (C=O) groups excluding carboxylic acids is 1. The minimum Gasteiger partial charge on any atom is -0.478 e. The zero-order valence-corrected chi connectivity index (χ0v) is 17.0. The van der Waals surface area contributed by atoms with Crippen LogP contribution in [-0.2, 0) is 5.54 Å². The number of nitrogens with zero attached hydrogens (tertiary/aromatic N) is 1. The quantitative estimate of drug-likeness (QED) is 0.608. The zero-order valence-electron chi connectivity index (χ0n) is 17.0. The summed E-state index contributed by atoms with van der Waals surface area (Å²) in [6, 6.07) is 12.3. The molecule has 1 fully saturated rings. The fourth-order valence-corrected chi connectivity index (χ4v) is 4.23. The second-order valence-corrected chi connectivity index (χ2v) is 7.64. The first-order valence-electron chi connectivity index (χ1n) is 10.2. The van der Waals surface area contributed by atoms with Crippen molar-refractivity contribution in [2.24, 2.45) is 0 Å². The number of aliphatic hydroxyl groups excluding tert-OH is 1. The van der Waals surface area contributed by atoms with Gasteiger partial charge < -0.3 is 20.4 Å². The molecule has 7 heteroatoms. The molecule has 0 saturated carbocycles. The fourth-order valence-electron chi connectivity index (χ4n) is 4.23. The van der Waals surface area contributed by atoms with Gasteiger partial charge in [-0.25, -0.2) is 14.0 Å². The third-order valence-corrected chi connectivity index (χ3v) is 5.85. The Hall–Kier alpha value is -2.93. The summed E-state index contributed by atoms with van der Waals surface area (Å²) in [5.74, 6) is -1.33. The van der Waals surface area contributed by atoms with Crippen molar-refractivity contribution >= 4 is 12.0 Å². The SMILES string of the molecule is CCC(c1ccc(C(=O)O)cc1)N1CCC(CCCO)(c2ccc(F)cc2)NC1=O. The largest absolute Gasteiger partial charge is 0.478 e. The second kappa shape index (κ2) is 9.26. The summed E-state index contributed by atoms with van der Waals surface area (Å²) in [6.45, 7) is 2.49. The van der Waals surface area contributed by atoms with E-state index in [9.17, 15) is 19.1 Å². The molecule has 30 heavy (non-hydrogen) atoms. The Morgan fingerprint density at radius 3 is 2.40 bits per heavy atom. The Morgan fingerprint density at radius 2 is 1.87 bits per heavy atom. The molecule has 0 bridgehead atoms. The van der Waals surface area contributed by atoms with Gasteiger partial charge in [0.15, 0.2) is 0 Å². The highest BCUT2D eigenvalue weighted by atomic mass is 19.1. The van der Waals surface area contributed by atoms with Crippen molar-refractivity contribution < 1.29 is 24.2 Å². The first kappa shape index (κ1) is 21.8. The molecule has 0 spiro atoms. The van der Waals surface area contributed by atoms with Crippen molar-refractivity contribution in [3.8, 4) is 0 Å². The lowest BCUT2D eigenvalue weighted by atomic mass is 9.80. The number of carboxylic acids is 1. The second-order valence-electron chi connectivity index (χ2n) is 7.64. The van der Waals surface area contributed by atoms with Crippen molar-refractivity contribution in [3.05, 3.63) is 71.0 Å². The molecule has 0 aliphatic carbocycles. The van der Waals surface area contributed by atoms with Gasteiger partial charge in [-0.3, -0.25) is 0 Å². The van der Waals surface area contributed by atoms with Gasteiger partial charge in [0.05, 0.1) is 17.1 Å². The summed E-state index contributed by atoms with van der Waals surface area (Å²) >= 11 is 0. The highest BCUT2D eigenvalue weighted by Crippen LogP contribution is 2.37. The van der Waals surface area contributed by atoms with Crippen molar-refractivity contribution in [2.75, 3.05) is 13.2 Å². The Bertz CT molecular complexity index is 885. The Kier molecular flexibility index (Phi) is 6.72. The molecule has 2 atom stereocenters. The van der Waals surface area contributed by atoms with Crippen LogP contribution in [0.5, 0.6) is 0 Å². The molecule has 2 aromatic carbocycles. The molecule has 2 aromatic rings. The predicted octanol–water partition coefficient (Wildman–Crippen LogP) is 4.06. The lowest BCUT2D eigenvalue weighted by Crippen LogP contribution is -2.58. The fraction of sp³-hybridized carbons (Fsp3) is 0.391. The number of hydrogen-bond donors (Lipinski definition) is 3. The zero-order chi connectivity index (χ0) is 21.7. The Morgan fingerprint density at radius 1 is 1.20 bits per heavy atom. The van der Waals surface area contributed by atoms with Crippen LogP contribution in [0.3, 0.4) is 0 Å². The van der Waals surface area contributed by atoms with Gasteiger partial charge in [0, 0.05) is 13.2 Å². The summed E-state index contributed by atoms with van der Waals surface area (Å²) in [6.07, 6.45) is 2.37. The maximum atomic E-state index is 13.4. The number of urea groups is 1. The summed E-state index contributed by atoms with van der Waals surface area (Å²) in [7, 11) is 0. The van der Waals surface area contributed by atoms with E-state index in [1.54, 1.807) is 41.3 Å². The minimum atomic E-state index is -0.988. The number of amides is 2. The number of carboxylic acid groups (broad SMARTS) is 1. The maximum Gasteiger partial charge on any atom is 0.335 e. The highest BCUT2D eigenvalue weighted by molar-refractivity contribution is 5.87. The standard InChI is InChI=1S/C23H27FN2O4/c1-2-20(16-4-6-17(7-5-16)21(28)29)26-14-13-23(12-3-15-27,25-22(26)30)18-8-10-19(24)11-9-18/h4-11,20,27H,2-3,12-15H2,1H3,(H,25,30)(H,28,29). The predicted molar refractivity (Wildman–Crippen MR) is 111 cm³/mol. The maximum absolute atomic E-state index is 13.4. The summed E-state index contributed by atoms with van der Waals surface area (Å²) in [5, 5.41) is 21.6. The van der Waals surface area contributed by atoms with Crippen molar-refractivity contribution in [3.63, 3.8) is 0 Å². The van der Waals surface area contributed by atoms with E-state index in [4.69, 9.17) is 5.11 Å². The van der Waals surface area contributed by atoms with Gasteiger partial charge >= 0.3 is 12.0 Å². The number of carbonyl (C=O) groups is 2. The average Bonchev–Trinajstić information content (AvgIpc) is 2.75. The first-order valence-corrected chi connectivity index (χ1v) is 10.2. The molecule has 0 radical (unpaired) electrons. The molecule has 1 saturated heterocycles. The number of halogens is 1. The monoisotopic (exact) mass is 414 g/mol. The molecular formula is C23H27FN2O4. The number of nitrogens with one attached hydrogen (secondary N) is 1. The molecular weight excluding hydrogens is 387 g/mol. The summed E-state index contributed by atoms with van der Waals surface area (Å²) in [4.78, 5) is 26.0. The summed E-state index contributed by atoms with van der Waals surface area (Å²) in [5.41, 5.74) is 1.25. The third-order valence-electron chi connectivity index (χ3n) is 5.85. The average molecular weight is 414 g/mol. The Balaban J connectivity index is 1.84. The molecule has 6 nitrogen and oxygen atoms in total. The van der Waals surface area contributed by atoms with E-state index in [-0.39, 0.29) is 30.1 Å². The van der Waals surface area contributed by atoms with Gasteiger partial charge in [-0.15, -0.1) is 0 Å². The van der Waals surface area contributed by atoms with Crippen LogP contribution in [0.4, 0.5) is 9.18 Å². The minimum absolute atomic E-state index is 0.00996. The first-order chi connectivity index (χ1) is 14.4. The molecule has 3 N–H and O–H groups in total. The lowest BCUT2D eigenvalue weighted by molar-refractivity contribution is 0.0696. The van der Waals surface area contributed by atoms with Crippen molar-refractivity contribution in [1.82, 2.24) is 10.2 Å². The van der Waals surface area contributed by atoms with Crippen LogP contribution >= 0.6 is 0 Å². The van der Waals surface area contributed by atoms with Crippen LogP contribution in [0.2, 0.25) is 0 Å². The normalized spacial score (nSPS) is 20.0. The van der Waals surface area contributed by atoms with Crippen molar-refractivity contribution in [2.45, 2.75) is 44.2 Å². The van der Waals surface area contributed by atoms with E-state index in [1.165, 1.54) is 12.1 Å². The van der Waals surface area contributed by atoms with Crippen molar-refractivity contribution in [1.29, 1.82) is 0 Å². The van der Waals surface area contributed by atoms with Gasteiger partial charge in [-0.05, 0) is 61.1 Å². The van der Waals surface area contributed by atoms with Crippen LogP contribution < -0.4 is 5.32 Å². The topological polar surface area (TPSA) is 89.9 Å². The van der Waals surface area contributed by atoms with Crippen LogP contribution in [0.1, 0.15) is 60.1 Å². The van der Waals surface area contributed by atoms with E-state index < -0.39 is 11.5 Å². The van der Waals surface area contributed by atoms with E-state index in [1.807, 2.05) is 6.92 Å². The number of rotatable bonds is 8. The highest BCUT2D eigenvalue weighted by Gasteiger charge is 2.41. The van der Waals surface area contributed by atoms with E-state index in [0.717, 1.165) is 11.1 Å². The van der Waals surface area contributed by atoms with E-state index >= 15 is 0 Å². The molecule has 2 amide bonds. The Labute approximate surface area is 175 Å². The van der Waals surface area contributed by atoms with E-state index in [0.29, 0.717) is 32.2 Å². The van der Waals surface area contributed by atoms with Gasteiger partial charge in [0.1, 0.15) is 5.82 Å². The van der Waals surface area contributed by atoms with Gasteiger partial charge in [0.25, 0.3) is 0 Å². The lowest BCUT2D eigenvalue weighted by Gasteiger charge is -2.45. The molecule has 1 aliphatic rings. The number of hydrogen-bond acceptors (Lipinski definition) is 3. The van der Waals surface area contributed by atoms with Crippen LogP contribution in [0.15, 0.2) is 48.5 Å². The molecule has 3 rings (SSSR count). The van der Waals surface area contributed by atoms with Gasteiger partial charge in [0.2, 0.25) is 0 Å². The van der Waals surface area contributed by atoms with E-state index in [2.05, 4.69) is 5.32 Å². The molecule has 2 unspecified atom stereocenters. The van der Waals surface area contributed by atoms with Crippen LogP contribution in [-0.4, -0.2) is 40.3 Å².